The van der Waals surface area contributed by atoms with Gasteiger partial charge in [-0.15, -0.1) is 0 Å². The van der Waals surface area contributed by atoms with Crippen molar-refractivity contribution < 1.29 is 9.59 Å². The number of nitrogen functional groups attached to an aromatic ring is 1. The maximum absolute atomic E-state index is 11.9. The first kappa shape index (κ1) is 16.0. The zero-order valence-electron chi connectivity index (χ0n) is 12.1. The summed E-state index contributed by atoms with van der Waals surface area (Å²) in [7, 11) is 1.81. The second-order valence-corrected chi connectivity index (χ2v) is 4.64. The smallest absolute Gasteiger partial charge is 0.321 e. The quantitative estimate of drug-likeness (QED) is 0.699. The summed E-state index contributed by atoms with van der Waals surface area (Å²) < 4.78 is 0. The van der Waals surface area contributed by atoms with Crippen LogP contribution in [0.1, 0.15) is 19.4 Å². The summed E-state index contributed by atoms with van der Waals surface area (Å²) in [5, 5.41) is 4.82. The molecule has 0 saturated carbocycles. The van der Waals surface area contributed by atoms with E-state index in [9.17, 15) is 9.59 Å². The van der Waals surface area contributed by atoms with Crippen molar-refractivity contribution >= 4 is 17.6 Å². The number of nitrogens with two attached hydrogens (primary N) is 1. The second-order valence-electron chi connectivity index (χ2n) is 4.64. The van der Waals surface area contributed by atoms with Gasteiger partial charge in [-0.25, -0.2) is 4.79 Å². The molecule has 0 radical (unpaired) electrons. The summed E-state index contributed by atoms with van der Waals surface area (Å²) in [5.41, 5.74) is 7.52. The second kappa shape index (κ2) is 7.49. The molecule has 0 aliphatic heterocycles. The Kier molecular flexibility index (Phi) is 5.99. The van der Waals surface area contributed by atoms with E-state index in [2.05, 4.69) is 10.6 Å². The average Bonchev–Trinajstić information content (AvgIpc) is 2.40. The van der Waals surface area contributed by atoms with Gasteiger partial charge in [-0.05, 0) is 32.5 Å². The predicted molar refractivity (Wildman–Crippen MR) is 79.0 cm³/mol. The van der Waals surface area contributed by atoms with E-state index in [4.69, 9.17) is 5.73 Å². The van der Waals surface area contributed by atoms with Crippen LogP contribution in [0.15, 0.2) is 24.3 Å². The number of para-hydroxylation sites is 1. The lowest BCUT2D eigenvalue weighted by atomic mass is 10.1. The molecule has 1 atom stereocenters. The Bertz CT molecular complexity index is 476. The lowest BCUT2D eigenvalue weighted by Crippen LogP contribution is -2.48. The van der Waals surface area contributed by atoms with Crippen LogP contribution >= 0.6 is 0 Å². The van der Waals surface area contributed by atoms with Gasteiger partial charge in [0.2, 0.25) is 5.91 Å². The summed E-state index contributed by atoms with van der Waals surface area (Å²) in [4.78, 5) is 25.0. The number of likely N-dealkylation sites (N-methyl/N-ethyl adjacent to an activating group) is 1. The number of urea groups is 1. The number of nitrogens with one attached hydrogen (secondary N) is 2. The van der Waals surface area contributed by atoms with Crippen molar-refractivity contribution in [1.82, 2.24) is 15.5 Å². The molecule has 0 saturated heterocycles. The third-order valence-corrected chi connectivity index (χ3v) is 3.09. The Labute approximate surface area is 119 Å². The highest BCUT2D eigenvalue weighted by atomic mass is 16.2. The van der Waals surface area contributed by atoms with Gasteiger partial charge in [-0.1, -0.05) is 18.2 Å². The van der Waals surface area contributed by atoms with Crippen LogP contribution in [0.3, 0.4) is 0 Å². The largest absolute Gasteiger partial charge is 0.398 e. The van der Waals surface area contributed by atoms with Crippen LogP contribution in [0.4, 0.5) is 10.5 Å². The Morgan fingerprint density at radius 3 is 2.60 bits per heavy atom. The molecule has 6 heteroatoms. The Morgan fingerprint density at radius 1 is 1.35 bits per heavy atom. The van der Waals surface area contributed by atoms with E-state index >= 15 is 0 Å². The van der Waals surface area contributed by atoms with Gasteiger partial charge in [0, 0.05) is 18.8 Å². The Balaban J connectivity index is 2.58. The van der Waals surface area contributed by atoms with Gasteiger partial charge in [-0.2, -0.15) is 0 Å². The van der Waals surface area contributed by atoms with Crippen LogP contribution in [0.2, 0.25) is 0 Å². The molecular weight excluding hydrogens is 256 g/mol. The van der Waals surface area contributed by atoms with Crippen LogP contribution in [0.5, 0.6) is 0 Å². The Morgan fingerprint density at radius 2 is 2.00 bits per heavy atom. The van der Waals surface area contributed by atoms with Crippen LogP contribution in [0, 0.1) is 0 Å². The molecule has 0 aliphatic rings. The highest BCUT2D eigenvalue weighted by molar-refractivity contribution is 5.96. The minimum absolute atomic E-state index is 0.340. The summed E-state index contributed by atoms with van der Waals surface area (Å²) in [5.74, 6) is -0.340. The van der Waals surface area contributed by atoms with Gasteiger partial charge < -0.3 is 11.1 Å². The number of carbonyl (C=O) groups excluding carboxylic acids is 2. The zero-order valence-corrected chi connectivity index (χ0v) is 12.1. The van der Waals surface area contributed by atoms with E-state index in [0.717, 1.165) is 5.56 Å². The normalized spacial score (nSPS) is 12.0. The SMILES string of the molecule is CCNC(=O)NC(=O)C(C)N(C)Cc1ccccc1N. The molecule has 110 valence electrons. The molecule has 0 fully saturated rings. The molecule has 1 rings (SSSR count). The van der Waals surface area contributed by atoms with E-state index in [1.807, 2.05) is 36.2 Å². The first-order valence-corrected chi connectivity index (χ1v) is 6.58. The molecule has 4 N–H and O–H groups in total. The predicted octanol–water partition coefficient (Wildman–Crippen LogP) is 0.935. The molecule has 0 bridgehead atoms. The maximum Gasteiger partial charge on any atom is 0.321 e. The number of hydrogen-bond donors (Lipinski definition) is 3. The van der Waals surface area contributed by atoms with Crippen molar-refractivity contribution in [1.29, 1.82) is 0 Å². The summed E-state index contributed by atoms with van der Waals surface area (Å²) in [6.07, 6.45) is 0. The lowest BCUT2D eigenvalue weighted by molar-refractivity contribution is -0.124. The van der Waals surface area contributed by atoms with E-state index in [1.165, 1.54) is 0 Å². The van der Waals surface area contributed by atoms with E-state index in [1.54, 1.807) is 13.8 Å². The highest BCUT2D eigenvalue weighted by Crippen LogP contribution is 2.13. The molecule has 6 nitrogen and oxygen atoms in total. The number of amides is 3. The molecule has 0 aliphatic carbocycles. The van der Waals surface area contributed by atoms with Gasteiger partial charge in [0.15, 0.2) is 0 Å². The van der Waals surface area contributed by atoms with Gasteiger partial charge in [0.1, 0.15) is 0 Å². The number of rotatable bonds is 5. The summed E-state index contributed by atoms with van der Waals surface area (Å²) >= 11 is 0. The fourth-order valence-electron chi connectivity index (χ4n) is 1.71. The van der Waals surface area contributed by atoms with E-state index in [-0.39, 0.29) is 5.91 Å². The molecular formula is C14H22N4O2. The van der Waals surface area contributed by atoms with Crippen LogP contribution in [-0.4, -0.2) is 36.5 Å². The van der Waals surface area contributed by atoms with Crippen molar-refractivity contribution in [2.24, 2.45) is 0 Å². The summed E-state index contributed by atoms with van der Waals surface area (Å²) in [6.45, 7) is 4.55. The van der Waals surface area contributed by atoms with Crippen molar-refractivity contribution in [3.8, 4) is 0 Å². The Hall–Kier alpha value is -2.08. The topological polar surface area (TPSA) is 87.5 Å². The molecule has 1 aromatic rings. The molecule has 0 heterocycles. The number of benzene rings is 1. The third-order valence-electron chi connectivity index (χ3n) is 3.09. The molecule has 0 aromatic heterocycles. The first-order valence-electron chi connectivity index (χ1n) is 6.58. The van der Waals surface area contributed by atoms with E-state index < -0.39 is 12.1 Å². The van der Waals surface area contributed by atoms with Gasteiger partial charge in [-0.3, -0.25) is 15.0 Å². The number of hydrogen-bond acceptors (Lipinski definition) is 4. The minimum Gasteiger partial charge on any atom is -0.398 e. The van der Waals surface area contributed by atoms with Crippen molar-refractivity contribution in [3.63, 3.8) is 0 Å². The van der Waals surface area contributed by atoms with Crippen LogP contribution < -0.4 is 16.4 Å². The standard InChI is InChI=1S/C14H22N4O2/c1-4-16-14(20)17-13(19)10(2)18(3)9-11-7-5-6-8-12(11)15/h5-8,10H,4,9,15H2,1-3H3,(H2,16,17,19,20). The molecule has 0 spiro atoms. The molecule has 3 amide bonds. The van der Waals surface area contributed by atoms with Gasteiger partial charge in [0.05, 0.1) is 6.04 Å². The molecule has 1 unspecified atom stereocenters. The van der Waals surface area contributed by atoms with Crippen molar-refractivity contribution in [2.45, 2.75) is 26.4 Å². The monoisotopic (exact) mass is 278 g/mol. The first-order chi connectivity index (χ1) is 9.45. The third kappa shape index (κ3) is 4.55. The number of carbonyl (C=O) groups is 2. The van der Waals surface area contributed by atoms with Crippen molar-refractivity contribution in [3.05, 3.63) is 29.8 Å². The van der Waals surface area contributed by atoms with Gasteiger partial charge >= 0.3 is 6.03 Å². The summed E-state index contributed by atoms with van der Waals surface area (Å²) in [6, 6.07) is 6.60. The van der Waals surface area contributed by atoms with E-state index in [0.29, 0.717) is 18.8 Å². The average molecular weight is 278 g/mol. The highest BCUT2D eigenvalue weighted by Gasteiger charge is 2.20. The number of nitrogens with zero attached hydrogens (tertiary/aromatic N) is 1. The van der Waals surface area contributed by atoms with Crippen LogP contribution in [0.25, 0.3) is 0 Å². The van der Waals surface area contributed by atoms with Crippen molar-refractivity contribution in [2.75, 3.05) is 19.3 Å². The molecule has 1 aromatic carbocycles. The number of imide groups is 1. The number of anilines is 1. The maximum atomic E-state index is 11.9. The fourth-order valence-corrected chi connectivity index (χ4v) is 1.71. The fraction of sp³-hybridized carbons (Fsp3) is 0.429. The van der Waals surface area contributed by atoms with Crippen LogP contribution in [-0.2, 0) is 11.3 Å². The lowest BCUT2D eigenvalue weighted by Gasteiger charge is -2.24. The molecule has 20 heavy (non-hydrogen) atoms. The minimum atomic E-state index is -0.475. The zero-order chi connectivity index (χ0) is 15.1. The van der Waals surface area contributed by atoms with Gasteiger partial charge in [0.25, 0.3) is 0 Å².